The summed E-state index contributed by atoms with van der Waals surface area (Å²) >= 11 is 0. The SMILES string of the molecule is CC(C)OCC(O)CN1CCOC2CCCCC21. The van der Waals surface area contributed by atoms with Gasteiger partial charge in [0, 0.05) is 19.1 Å². The van der Waals surface area contributed by atoms with Crippen molar-refractivity contribution in [1.82, 2.24) is 4.90 Å². The van der Waals surface area contributed by atoms with E-state index in [0.29, 0.717) is 18.8 Å². The lowest BCUT2D eigenvalue weighted by Gasteiger charge is -2.44. The number of ether oxygens (including phenoxy) is 2. The number of aliphatic hydroxyl groups excluding tert-OH is 1. The summed E-state index contributed by atoms with van der Waals surface area (Å²) in [6, 6.07) is 0.515. The molecule has 0 bridgehead atoms. The Kier molecular flexibility index (Phi) is 5.42. The van der Waals surface area contributed by atoms with Gasteiger partial charge in [0.1, 0.15) is 0 Å². The van der Waals surface area contributed by atoms with E-state index in [0.717, 1.165) is 19.7 Å². The van der Waals surface area contributed by atoms with Crippen LogP contribution in [-0.4, -0.2) is 60.7 Å². The maximum Gasteiger partial charge on any atom is 0.0900 e. The van der Waals surface area contributed by atoms with Crippen molar-refractivity contribution in [2.75, 3.05) is 26.3 Å². The molecule has 0 aromatic rings. The number of hydrogen-bond acceptors (Lipinski definition) is 4. The highest BCUT2D eigenvalue weighted by atomic mass is 16.5. The lowest BCUT2D eigenvalue weighted by Crippen LogP contribution is -2.54. The summed E-state index contributed by atoms with van der Waals surface area (Å²) in [6.45, 7) is 6.90. The molecule has 2 fully saturated rings. The zero-order chi connectivity index (χ0) is 13.0. The lowest BCUT2D eigenvalue weighted by atomic mass is 9.90. The summed E-state index contributed by atoms with van der Waals surface area (Å²) in [5.74, 6) is 0. The Labute approximate surface area is 110 Å². The third-order valence-electron chi connectivity index (χ3n) is 3.91. The standard InChI is InChI=1S/C14H27NO3/c1-11(2)18-10-12(16)9-15-7-8-17-14-6-4-3-5-13(14)15/h11-14,16H,3-10H2,1-2H3. The van der Waals surface area contributed by atoms with Gasteiger partial charge in [-0.25, -0.2) is 0 Å². The van der Waals surface area contributed by atoms with Crippen molar-refractivity contribution >= 4 is 0 Å². The van der Waals surface area contributed by atoms with Crippen LogP contribution in [0.4, 0.5) is 0 Å². The molecule has 106 valence electrons. The van der Waals surface area contributed by atoms with E-state index in [4.69, 9.17) is 9.47 Å². The summed E-state index contributed by atoms with van der Waals surface area (Å²) in [7, 11) is 0. The van der Waals surface area contributed by atoms with E-state index in [1.54, 1.807) is 0 Å². The number of morpholine rings is 1. The number of aliphatic hydroxyl groups is 1. The van der Waals surface area contributed by atoms with Crippen molar-refractivity contribution in [3.8, 4) is 0 Å². The molecule has 0 spiro atoms. The number of nitrogens with zero attached hydrogens (tertiary/aromatic N) is 1. The van der Waals surface area contributed by atoms with Crippen LogP contribution in [0.15, 0.2) is 0 Å². The molecule has 1 saturated carbocycles. The first-order chi connectivity index (χ1) is 8.66. The molecule has 0 aromatic carbocycles. The summed E-state index contributed by atoms with van der Waals surface area (Å²) in [5, 5.41) is 10.0. The second-order valence-corrected chi connectivity index (χ2v) is 5.79. The lowest BCUT2D eigenvalue weighted by molar-refractivity contribution is -0.104. The topological polar surface area (TPSA) is 41.9 Å². The summed E-state index contributed by atoms with van der Waals surface area (Å²) in [6.07, 6.45) is 5.17. The Morgan fingerprint density at radius 2 is 2.11 bits per heavy atom. The zero-order valence-corrected chi connectivity index (χ0v) is 11.7. The van der Waals surface area contributed by atoms with Gasteiger partial charge in [-0.1, -0.05) is 12.8 Å². The van der Waals surface area contributed by atoms with Crippen LogP contribution in [0, 0.1) is 0 Å². The van der Waals surface area contributed by atoms with Crippen molar-refractivity contribution in [2.45, 2.75) is 63.9 Å². The van der Waals surface area contributed by atoms with Crippen LogP contribution in [0.1, 0.15) is 39.5 Å². The van der Waals surface area contributed by atoms with Gasteiger partial charge in [-0.05, 0) is 26.7 Å². The molecule has 1 saturated heterocycles. The first-order valence-corrected chi connectivity index (χ1v) is 7.32. The van der Waals surface area contributed by atoms with Gasteiger partial charge in [-0.2, -0.15) is 0 Å². The van der Waals surface area contributed by atoms with Gasteiger partial charge in [0.05, 0.1) is 31.5 Å². The second-order valence-electron chi connectivity index (χ2n) is 5.79. The van der Waals surface area contributed by atoms with E-state index in [1.165, 1.54) is 25.7 Å². The molecule has 1 N–H and O–H groups in total. The third kappa shape index (κ3) is 3.92. The molecule has 3 atom stereocenters. The van der Waals surface area contributed by atoms with E-state index < -0.39 is 0 Å². The maximum absolute atomic E-state index is 10.0. The minimum atomic E-state index is -0.381. The van der Waals surface area contributed by atoms with Gasteiger partial charge < -0.3 is 14.6 Å². The Balaban J connectivity index is 1.79. The Morgan fingerprint density at radius 3 is 2.89 bits per heavy atom. The van der Waals surface area contributed by atoms with Crippen molar-refractivity contribution in [3.05, 3.63) is 0 Å². The van der Waals surface area contributed by atoms with Gasteiger partial charge in [0.2, 0.25) is 0 Å². The highest BCUT2D eigenvalue weighted by Gasteiger charge is 2.34. The average molecular weight is 257 g/mol. The smallest absolute Gasteiger partial charge is 0.0900 e. The molecule has 4 heteroatoms. The van der Waals surface area contributed by atoms with Gasteiger partial charge in [-0.15, -0.1) is 0 Å². The number of β-amino-alcohol motifs (C(OH)–C–C–N with tert-alkyl or cyclic N) is 1. The van der Waals surface area contributed by atoms with Gasteiger partial charge in [-0.3, -0.25) is 4.90 Å². The van der Waals surface area contributed by atoms with E-state index in [2.05, 4.69) is 4.90 Å². The molecule has 0 amide bonds. The maximum atomic E-state index is 10.0. The molecule has 1 aliphatic heterocycles. The molecule has 3 unspecified atom stereocenters. The van der Waals surface area contributed by atoms with Gasteiger partial charge in [0.25, 0.3) is 0 Å². The molecule has 1 aliphatic carbocycles. The molecular weight excluding hydrogens is 230 g/mol. The van der Waals surface area contributed by atoms with Crippen LogP contribution >= 0.6 is 0 Å². The fraction of sp³-hybridized carbons (Fsp3) is 1.00. The zero-order valence-electron chi connectivity index (χ0n) is 11.7. The van der Waals surface area contributed by atoms with Crippen LogP contribution in [0.5, 0.6) is 0 Å². The summed E-state index contributed by atoms with van der Waals surface area (Å²) in [4.78, 5) is 2.40. The normalized spacial score (nSPS) is 31.3. The fourth-order valence-corrected chi connectivity index (χ4v) is 3.03. The number of rotatable bonds is 5. The first-order valence-electron chi connectivity index (χ1n) is 7.32. The van der Waals surface area contributed by atoms with Crippen LogP contribution < -0.4 is 0 Å². The monoisotopic (exact) mass is 257 g/mol. The molecular formula is C14H27NO3. The molecule has 2 aliphatic rings. The second kappa shape index (κ2) is 6.85. The van der Waals surface area contributed by atoms with Crippen molar-refractivity contribution in [3.63, 3.8) is 0 Å². The quantitative estimate of drug-likeness (QED) is 0.809. The Hall–Kier alpha value is -0.160. The minimum absolute atomic E-state index is 0.187. The summed E-state index contributed by atoms with van der Waals surface area (Å²) in [5.41, 5.74) is 0. The number of fused-ring (bicyclic) bond motifs is 1. The molecule has 4 nitrogen and oxygen atoms in total. The summed E-state index contributed by atoms with van der Waals surface area (Å²) < 4.78 is 11.3. The van der Waals surface area contributed by atoms with Crippen LogP contribution in [-0.2, 0) is 9.47 Å². The van der Waals surface area contributed by atoms with Crippen molar-refractivity contribution < 1.29 is 14.6 Å². The van der Waals surface area contributed by atoms with Gasteiger partial charge in [0.15, 0.2) is 0 Å². The highest BCUT2D eigenvalue weighted by Crippen LogP contribution is 2.28. The fourth-order valence-electron chi connectivity index (χ4n) is 3.03. The van der Waals surface area contributed by atoms with Gasteiger partial charge >= 0.3 is 0 Å². The largest absolute Gasteiger partial charge is 0.389 e. The van der Waals surface area contributed by atoms with Crippen LogP contribution in [0.2, 0.25) is 0 Å². The minimum Gasteiger partial charge on any atom is -0.389 e. The van der Waals surface area contributed by atoms with Crippen LogP contribution in [0.25, 0.3) is 0 Å². The van der Waals surface area contributed by atoms with E-state index in [9.17, 15) is 5.11 Å². The average Bonchev–Trinajstić information content (AvgIpc) is 2.37. The van der Waals surface area contributed by atoms with E-state index in [-0.39, 0.29) is 12.2 Å². The van der Waals surface area contributed by atoms with E-state index >= 15 is 0 Å². The number of hydrogen-bond donors (Lipinski definition) is 1. The molecule has 0 radical (unpaired) electrons. The molecule has 1 heterocycles. The molecule has 0 aromatic heterocycles. The highest BCUT2D eigenvalue weighted by molar-refractivity contribution is 4.88. The Morgan fingerprint density at radius 1 is 1.33 bits per heavy atom. The third-order valence-corrected chi connectivity index (χ3v) is 3.91. The predicted molar refractivity (Wildman–Crippen MR) is 70.7 cm³/mol. The first kappa shape index (κ1) is 14.3. The van der Waals surface area contributed by atoms with E-state index in [1.807, 2.05) is 13.8 Å². The molecule has 2 rings (SSSR count). The Bertz CT molecular complexity index is 245. The predicted octanol–water partition coefficient (Wildman–Crippen LogP) is 1.42. The van der Waals surface area contributed by atoms with Crippen molar-refractivity contribution in [1.29, 1.82) is 0 Å². The van der Waals surface area contributed by atoms with Crippen molar-refractivity contribution in [2.24, 2.45) is 0 Å². The van der Waals surface area contributed by atoms with Crippen LogP contribution in [0.3, 0.4) is 0 Å². The molecule has 18 heavy (non-hydrogen) atoms.